The molecule has 1 aromatic carbocycles. The molecule has 110 valence electrons. The lowest BCUT2D eigenvalue weighted by Gasteiger charge is -2.10. The highest BCUT2D eigenvalue weighted by atomic mass is 19.1. The first kappa shape index (κ1) is 14.9. The van der Waals surface area contributed by atoms with Crippen molar-refractivity contribution >= 4 is 11.5 Å². The minimum atomic E-state index is -0.453. The normalized spacial score (nSPS) is 10.5. The fourth-order valence-electron chi connectivity index (χ4n) is 2.23. The SMILES string of the molecule is Cc1cc(CNc2nccc(C)c2[N+](=O)[O-])cc(C)c1F. The van der Waals surface area contributed by atoms with Crippen molar-refractivity contribution in [3.05, 3.63) is 62.6 Å². The van der Waals surface area contributed by atoms with Crippen molar-refractivity contribution in [2.45, 2.75) is 27.3 Å². The number of nitrogens with zero attached hydrogens (tertiary/aromatic N) is 2. The number of aryl methyl sites for hydroxylation is 3. The highest BCUT2D eigenvalue weighted by molar-refractivity contribution is 5.59. The van der Waals surface area contributed by atoms with E-state index >= 15 is 0 Å². The number of anilines is 1. The summed E-state index contributed by atoms with van der Waals surface area (Å²) in [6, 6.07) is 5.03. The number of aromatic nitrogens is 1. The van der Waals surface area contributed by atoms with Gasteiger partial charge in [-0.1, -0.05) is 12.1 Å². The molecule has 1 N–H and O–H groups in total. The third-order valence-electron chi connectivity index (χ3n) is 3.26. The summed E-state index contributed by atoms with van der Waals surface area (Å²) in [4.78, 5) is 14.6. The Kier molecular flexibility index (Phi) is 4.16. The summed E-state index contributed by atoms with van der Waals surface area (Å²) in [5, 5.41) is 14.0. The molecule has 0 saturated heterocycles. The number of nitro groups is 1. The summed E-state index contributed by atoms with van der Waals surface area (Å²) in [7, 11) is 0. The van der Waals surface area contributed by atoms with Gasteiger partial charge in [0.05, 0.1) is 4.92 Å². The summed E-state index contributed by atoms with van der Waals surface area (Å²) >= 11 is 0. The van der Waals surface area contributed by atoms with Crippen molar-refractivity contribution in [1.82, 2.24) is 4.98 Å². The molecule has 1 heterocycles. The second-order valence-corrected chi connectivity index (χ2v) is 4.98. The largest absolute Gasteiger partial charge is 0.360 e. The van der Waals surface area contributed by atoms with Gasteiger partial charge < -0.3 is 5.32 Å². The van der Waals surface area contributed by atoms with Crippen molar-refractivity contribution in [3.63, 3.8) is 0 Å². The Labute approximate surface area is 122 Å². The first-order chi connectivity index (χ1) is 9.90. The minimum absolute atomic E-state index is 0.0342. The second kappa shape index (κ2) is 5.87. The summed E-state index contributed by atoms with van der Waals surface area (Å²) in [5.41, 5.74) is 2.47. The van der Waals surface area contributed by atoms with E-state index in [1.165, 1.54) is 6.20 Å². The minimum Gasteiger partial charge on any atom is -0.360 e. The van der Waals surface area contributed by atoms with Crippen molar-refractivity contribution in [1.29, 1.82) is 0 Å². The molecule has 2 aromatic rings. The second-order valence-electron chi connectivity index (χ2n) is 4.98. The molecule has 0 aliphatic heterocycles. The Hall–Kier alpha value is -2.50. The third kappa shape index (κ3) is 3.16. The van der Waals surface area contributed by atoms with Gasteiger partial charge in [-0.05, 0) is 43.5 Å². The van der Waals surface area contributed by atoms with Crippen LogP contribution in [-0.2, 0) is 6.54 Å². The van der Waals surface area contributed by atoms with Crippen molar-refractivity contribution < 1.29 is 9.31 Å². The smallest absolute Gasteiger partial charge is 0.314 e. The van der Waals surface area contributed by atoms with Gasteiger partial charge in [0.2, 0.25) is 5.82 Å². The van der Waals surface area contributed by atoms with E-state index in [0.29, 0.717) is 23.2 Å². The molecule has 0 saturated carbocycles. The summed E-state index contributed by atoms with van der Waals surface area (Å²) < 4.78 is 13.6. The maximum Gasteiger partial charge on any atom is 0.314 e. The third-order valence-corrected chi connectivity index (χ3v) is 3.26. The van der Waals surface area contributed by atoms with E-state index in [9.17, 15) is 14.5 Å². The fraction of sp³-hybridized carbons (Fsp3) is 0.267. The van der Waals surface area contributed by atoms with Gasteiger partial charge in [-0.3, -0.25) is 10.1 Å². The quantitative estimate of drug-likeness (QED) is 0.689. The molecule has 21 heavy (non-hydrogen) atoms. The van der Waals surface area contributed by atoms with Crippen LogP contribution in [0.4, 0.5) is 15.9 Å². The van der Waals surface area contributed by atoms with E-state index in [1.807, 2.05) is 0 Å². The van der Waals surface area contributed by atoms with Crippen LogP contribution in [0.2, 0.25) is 0 Å². The van der Waals surface area contributed by atoms with Crippen LogP contribution in [0.15, 0.2) is 24.4 Å². The Morgan fingerprint density at radius 1 is 1.24 bits per heavy atom. The van der Waals surface area contributed by atoms with E-state index < -0.39 is 4.92 Å². The molecule has 1 aromatic heterocycles. The highest BCUT2D eigenvalue weighted by Crippen LogP contribution is 2.26. The molecule has 6 heteroatoms. The van der Waals surface area contributed by atoms with Gasteiger partial charge >= 0.3 is 5.69 Å². The standard InChI is InChI=1S/C15H16FN3O2/c1-9-4-5-17-15(14(9)19(20)21)18-8-12-6-10(2)13(16)11(3)7-12/h4-7H,8H2,1-3H3,(H,17,18). The van der Waals surface area contributed by atoms with Crippen LogP contribution in [0.5, 0.6) is 0 Å². The summed E-state index contributed by atoms with van der Waals surface area (Å²) in [6.45, 7) is 5.40. The van der Waals surface area contributed by atoms with Gasteiger partial charge in [-0.2, -0.15) is 0 Å². The maximum absolute atomic E-state index is 13.6. The number of nitrogens with one attached hydrogen (secondary N) is 1. The Morgan fingerprint density at radius 2 is 1.86 bits per heavy atom. The van der Waals surface area contributed by atoms with Gasteiger partial charge in [-0.25, -0.2) is 9.37 Å². The number of pyridine rings is 1. The van der Waals surface area contributed by atoms with Crippen LogP contribution in [0.25, 0.3) is 0 Å². The molecule has 0 spiro atoms. The van der Waals surface area contributed by atoms with Crippen LogP contribution in [-0.4, -0.2) is 9.91 Å². The molecule has 0 radical (unpaired) electrons. The topological polar surface area (TPSA) is 68.1 Å². The molecule has 0 bridgehead atoms. The van der Waals surface area contributed by atoms with Gasteiger partial charge in [-0.15, -0.1) is 0 Å². The summed E-state index contributed by atoms with van der Waals surface area (Å²) in [5.74, 6) is -0.00181. The van der Waals surface area contributed by atoms with Gasteiger partial charge in [0, 0.05) is 18.3 Å². The molecule has 0 fully saturated rings. The lowest BCUT2D eigenvalue weighted by atomic mass is 10.1. The first-order valence-electron chi connectivity index (χ1n) is 6.49. The Bertz CT molecular complexity index is 678. The average molecular weight is 289 g/mol. The number of hydrogen-bond donors (Lipinski definition) is 1. The van der Waals surface area contributed by atoms with Crippen molar-refractivity contribution in [3.8, 4) is 0 Å². The maximum atomic E-state index is 13.6. The number of halogens is 1. The molecule has 0 aliphatic carbocycles. The molecular weight excluding hydrogens is 273 g/mol. The van der Waals surface area contributed by atoms with Crippen molar-refractivity contribution in [2.24, 2.45) is 0 Å². The average Bonchev–Trinajstić information content (AvgIpc) is 2.41. The number of benzene rings is 1. The molecule has 5 nitrogen and oxygen atoms in total. The fourth-order valence-corrected chi connectivity index (χ4v) is 2.23. The zero-order chi connectivity index (χ0) is 15.6. The monoisotopic (exact) mass is 289 g/mol. The van der Waals surface area contributed by atoms with E-state index in [-0.39, 0.29) is 17.3 Å². The zero-order valence-corrected chi connectivity index (χ0v) is 12.1. The van der Waals surface area contributed by atoms with Gasteiger partial charge in [0.1, 0.15) is 5.82 Å². The predicted octanol–water partition coefficient (Wildman–Crippen LogP) is 3.67. The van der Waals surface area contributed by atoms with Gasteiger partial charge in [0.25, 0.3) is 0 Å². The van der Waals surface area contributed by atoms with Crippen LogP contribution >= 0.6 is 0 Å². The molecule has 0 aliphatic rings. The molecular formula is C15H16FN3O2. The molecule has 0 atom stereocenters. The Morgan fingerprint density at radius 3 is 2.43 bits per heavy atom. The predicted molar refractivity (Wildman–Crippen MR) is 78.8 cm³/mol. The van der Waals surface area contributed by atoms with E-state index in [2.05, 4.69) is 10.3 Å². The lowest BCUT2D eigenvalue weighted by Crippen LogP contribution is -2.06. The summed E-state index contributed by atoms with van der Waals surface area (Å²) in [6.07, 6.45) is 1.52. The highest BCUT2D eigenvalue weighted by Gasteiger charge is 2.18. The van der Waals surface area contributed by atoms with Crippen LogP contribution < -0.4 is 5.32 Å². The van der Waals surface area contributed by atoms with Gasteiger partial charge in [0.15, 0.2) is 0 Å². The number of hydrogen-bond acceptors (Lipinski definition) is 4. The van der Waals surface area contributed by atoms with E-state index in [4.69, 9.17) is 0 Å². The zero-order valence-electron chi connectivity index (χ0n) is 12.1. The van der Waals surface area contributed by atoms with Crippen LogP contribution in [0.1, 0.15) is 22.3 Å². The first-order valence-corrected chi connectivity index (χ1v) is 6.49. The molecule has 0 unspecified atom stereocenters. The molecule has 2 rings (SSSR count). The lowest BCUT2D eigenvalue weighted by molar-refractivity contribution is -0.384. The number of rotatable bonds is 4. The van der Waals surface area contributed by atoms with Crippen LogP contribution in [0, 0.1) is 36.7 Å². The van der Waals surface area contributed by atoms with Crippen LogP contribution in [0.3, 0.4) is 0 Å². The van der Waals surface area contributed by atoms with E-state index in [0.717, 1.165) is 5.56 Å². The van der Waals surface area contributed by atoms with E-state index in [1.54, 1.807) is 39.0 Å². The Balaban J connectivity index is 2.25. The van der Waals surface area contributed by atoms with Crippen molar-refractivity contribution in [2.75, 3.05) is 5.32 Å². The molecule has 0 amide bonds.